The summed E-state index contributed by atoms with van der Waals surface area (Å²) in [5.41, 5.74) is 2.60. The summed E-state index contributed by atoms with van der Waals surface area (Å²) in [5.74, 6) is 0.797. The van der Waals surface area contributed by atoms with Crippen molar-refractivity contribution in [3.8, 4) is 0 Å². The SMILES string of the molecule is Cc1ccc(N2CCN(N=Cc3ccco3)CC2)cc1. The highest BCUT2D eigenvalue weighted by Gasteiger charge is 2.15. The fourth-order valence-electron chi connectivity index (χ4n) is 2.33. The molecule has 0 amide bonds. The van der Waals surface area contributed by atoms with E-state index in [0.717, 1.165) is 31.9 Å². The van der Waals surface area contributed by atoms with Gasteiger partial charge in [0.15, 0.2) is 0 Å². The van der Waals surface area contributed by atoms with Crippen molar-refractivity contribution in [2.75, 3.05) is 31.1 Å². The Bertz CT molecular complexity index is 552. The van der Waals surface area contributed by atoms with Crippen molar-refractivity contribution >= 4 is 11.9 Å². The van der Waals surface area contributed by atoms with Crippen LogP contribution in [0.15, 0.2) is 52.2 Å². The monoisotopic (exact) mass is 269 g/mol. The zero-order chi connectivity index (χ0) is 13.8. The van der Waals surface area contributed by atoms with Gasteiger partial charge in [0, 0.05) is 18.8 Å². The van der Waals surface area contributed by atoms with E-state index in [2.05, 4.69) is 46.2 Å². The second kappa shape index (κ2) is 5.82. The summed E-state index contributed by atoms with van der Waals surface area (Å²) in [6.07, 6.45) is 3.44. The predicted molar refractivity (Wildman–Crippen MR) is 81.3 cm³/mol. The van der Waals surface area contributed by atoms with Crippen molar-refractivity contribution in [1.82, 2.24) is 5.01 Å². The van der Waals surface area contributed by atoms with Crippen LogP contribution in [0.2, 0.25) is 0 Å². The second-order valence-electron chi connectivity index (χ2n) is 5.04. The number of benzene rings is 1. The van der Waals surface area contributed by atoms with Crippen molar-refractivity contribution in [3.05, 3.63) is 54.0 Å². The minimum absolute atomic E-state index is 0.797. The minimum atomic E-state index is 0.797. The lowest BCUT2D eigenvalue weighted by molar-refractivity contribution is 0.271. The van der Waals surface area contributed by atoms with E-state index in [1.54, 1.807) is 12.5 Å². The topological polar surface area (TPSA) is 32.0 Å². The van der Waals surface area contributed by atoms with Gasteiger partial charge >= 0.3 is 0 Å². The van der Waals surface area contributed by atoms with Gasteiger partial charge < -0.3 is 9.32 Å². The Morgan fingerprint density at radius 2 is 1.80 bits per heavy atom. The normalized spacial score (nSPS) is 16.1. The van der Waals surface area contributed by atoms with Gasteiger partial charge in [-0.15, -0.1) is 0 Å². The molecule has 1 fully saturated rings. The highest BCUT2D eigenvalue weighted by atomic mass is 16.3. The molecule has 104 valence electrons. The van der Waals surface area contributed by atoms with Crippen LogP contribution in [0.25, 0.3) is 0 Å². The van der Waals surface area contributed by atoms with Gasteiger partial charge in [0.1, 0.15) is 5.76 Å². The fraction of sp³-hybridized carbons (Fsp3) is 0.312. The maximum atomic E-state index is 5.24. The van der Waals surface area contributed by atoms with Crippen molar-refractivity contribution in [2.24, 2.45) is 5.10 Å². The van der Waals surface area contributed by atoms with Gasteiger partial charge in [0.05, 0.1) is 25.6 Å². The van der Waals surface area contributed by atoms with Gasteiger partial charge in [-0.25, -0.2) is 0 Å². The summed E-state index contributed by atoms with van der Waals surface area (Å²) in [7, 11) is 0. The molecule has 0 N–H and O–H groups in total. The molecule has 2 aromatic rings. The number of anilines is 1. The van der Waals surface area contributed by atoms with Crippen LogP contribution in [0.1, 0.15) is 11.3 Å². The van der Waals surface area contributed by atoms with E-state index in [0.29, 0.717) is 0 Å². The largest absolute Gasteiger partial charge is 0.463 e. The molecule has 0 aliphatic carbocycles. The highest BCUT2D eigenvalue weighted by molar-refractivity contribution is 5.75. The van der Waals surface area contributed by atoms with Crippen LogP contribution in [-0.2, 0) is 0 Å². The van der Waals surface area contributed by atoms with E-state index in [1.807, 2.05) is 12.1 Å². The zero-order valence-electron chi connectivity index (χ0n) is 11.7. The average Bonchev–Trinajstić information content (AvgIpc) is 3.00. The third-order valence-electron chi connectivity index (χ3n) is 3.55. The number of hydrazone groups is 1. The Hall–Kier alpha value is -2.23. The van der Waals surface area contributed by atoms with E-state index < -0.39 is 0 Å². The van der Waals surface area contributed by atoms with Gasteiger partial charge in [-0.05, 0) is 31.2 Å². The van der Waals surface area contributed by atoms with E-state index >= 15 is 0 Å². The molecule has 0 radical (unpaired) electrons. The molecule has 3 rings (SSSR count). The van der Waals surface area contributed by atoms with E-state index in [4.69, 9.17) is 4.42 Å². The van der Waals surface area contributed by atoms with Gasteiger partial charge in [-0.1, -0.05) is 17.7 Å². The molecule has 1 aromatic heterocycles. The molecule has 4 heteroatoms. The molecule has 0 saturated carbocycles. The van der Waals surface area contributed by atoms with Gasteiger partial charge in [-0.2, -0.15) is 5.10 Å². The first kappa shape index (κ1) is 12.8. The molecule has 0 atom stereocenters. The lowest BCUT2D eigenvalue weighted by atomic mass is 10.2. The fourth-order valence-corrected chi connectivity index (χ4v) is 2.33. The number of aryl methyl sites for hydroxylation is 1. The summed E-state index contributed by atoms with van der Waals surface area (Å²) in [6.45, 7) is 5.98. The third-order valence-corrected chi connectivity index (χ3v) is 3.55. The first-order valence-electron chi connectivity index (χ1n) is 6.95. The molecule has 20 heavy (non-hydrogen) atoms. The summed E-state index contributed by atoms with van der Waals surface area (Å²) < 4.78 is 5.24. The minimum Gasteiger partial charge on any atom is -0.463 e. The highest BCUT2D eigenvalue weighted by Crippen LogP contribution is 2.17. The predicted octanol–water partition coefficient (Wildman–Crippen LogP) is 2.74. The van der Waals surface area contributed by atoms with Crippen LogP contribution in [0.4, 0.5) is 5.69 Å². The van der Waals surface area contributed by atoms with Crippen LogP contribution in [-0.4, -0.2) is 37.4 Å². The first-order valence-corrected chi connectivity index (χ1v) is 6.95. The molecule has 2 heterocycles. The number of piperazine rings is 1. The van der Waals surface area contributed by atoms with Gasteiger partial charge in [0.2, 0.25) is 0 Å². The van der Waals surface area contributed by atoms with Crippen LogP contribution >= 0.6 is 0 Å². The Morgan fingerprint density at radius 1 is 1.05 bits per heavy atom. The maximum absolute atomic E-state index is 5.24. The van der Waals surface area contributed by atoms with E-state index in [9.17, 15) is 0 Å². The Kier molecular flexibility index (Phi) is 3.72. The Morgan fingerprint density at radius 3 is 2.45 bits per heavy atom. The summed E-state index contributed by atoms with van der Waals surface area (Å²) in [6, 6.07) is 12.5. The quantitative estimate of drug-likeness (QED) is 0.803. The van der Waals surface area contributed by atoms with Crippen molar-refractivity contribution in [3.63, 3.8) is 0 Å². The standard InChI is InChI=1S/C16H19N3O/c1-14-4-6-15(7-5-14)18-8-10-19(11-9-18)17-13-16-3-2-12-20-16/h2-7,12-13H,8-11H2,1H3. The maximum Gasteiger partial charge on any atom is 0.146 e. The third kappa shape index (κ3) is 3.02. The van der Waals surface area contributed by atoms with Crippen molar-refractivity contribution in [2.45, 2.75) is 6.92 Å². The van der Waals surface area contributed by atoms with E-state index in [1.165, 1.54) is 11.3 Å². The molecule has 1 aliphatic rings. The number of furan rings is 1. The molecule has 1 aromatic carbocycles. The van der Waals surface area contributed by atoms with Gasteiger partial charge in [-0.3, -0.25) is 5.01 Å². The molecular weight excluding hydrogens is 250 g/mol. The van der Waals surface area contributed by atoms with Crippen molar-refractivity contribution < 1.29 is 4.42 Å². The Labute approximate surface area is 119 Å². The molecular formula is C16H19N3O. The smallest absolute Gasteiger partial charge is 0.146 e. The zero-order valence-corrected chi connectivity index (χ0v) is 11.7. The molecule has 1 aliphatic heterocycles. The van der Waals surface area contributed by atoms with Crippen LogP contribution in [0, 0.1) is 6.92 Å². The lowest BCUT2D eigenvalue weighted by Crippen LogP contribution is -2.44. The summed E-state index contributed by atoms with van der Waals surface area (Å²) in [5, 5.41) is 6.55. The first-order chi connectivity index (χ1) is 9.81. The molecule has 4 nitrogen and oxygen atoms in total. The van der Waals surface area contributed by atoms with Crippen molar-refractivity contribution in [1.29, 1.82) is 0 Å². The molecule has 0 spiro atoms. The van der Waals surface area contributed by atoms with Gasteiger partial charge in [0.25, 0.3) is 0 Å². The number of rotatable bonds is 3. The molecule has 0 bridgehead atoms. The van der Waals surface area contributed by atoms with E-state index in [-0.39, 0.29) is 0 Å². The Balaban J connectivity index is 1.55. The summed E-state index contributed by atoms with van der Waals surface area (Å²) >= 11 is 0. The number of nitrogens with zero attached hydrogens (tertiary/aromatic N) is 3. The average molecular weight is 269 g/mol. The van der Waals surface area contributed by atoms with Crippen LogP contribution < -0.4 is 4.90 Å². The number of hydrogen-bond donors (Lipinski definition) is 0. The lowest BCUT2D eigenvalue weighted by Gasteiger charge is -2.34. The summed E-state index contributed by atoms with van der Waals surface area (Å²) in [4.78, 5) is 2.40. The van der Waals surface area contributed by atoms with Crippen LogP contribution in [0.5, 0.6) is 0 Å². The van der Waals surface area contributed by atoms with Crippen LogP contribution in [0.3, 0.4) is 0 Å². The molecule has 0 unspecified atom stereocenters. The number of hydrogen-bond acceptors (Lipinski definition) is 4. The second-order valence-corrected chi connectivity index (χ2v) is 5.04. The molecule has 1 saturated heterocycles.